The Morgan fingerprint density at radius 3 is 2.61 bits per heavy atom. The maximum atomic E-state index is 11.9. The number of ether oxygens (including phenoxy) is 1. The summed E-state index contributed by atoms with van der Waals surface area (Å²) in [5.41, 5.74) is 0.0954. The van der Waals surface area contributed by atoms with Crippen LogP contribution in [0.1, 0.15) is 10.4 Å². The molecule has 0 saturated heterocycles. The van der Waals surface area contributed by atoms with Gasteiger partial charge >= 0.3 is 0 Å². The zero-order valence-corrected chi connectivity index (χ0v) is 10.9. The fraction of sp³-hybridized carbons (Fsp3) is 0.250. The Hall–Kier alpha value is -2.00. The van der Waals surface area contributed by atoms with Crippen LogP contribution >= 0.6 is 11.8 Å². The number of ketones is 1. The van der Waals surface area contributed by atoms with Crippen molar-refractivity contribution in [3.8, 4) is 11.8 Å². The molecule has 0 heterocycles. The predicted molar refractivity (Wildman–Crippen MR) is 69.8 cm³/mol. The van der Waals surface area contributed by atoms with E-state index in [2.05, 4.69) is 5.16 Å². The lowest BCUT2D eigenvalue weighted by Gasteiger charge is -2.01. The zero-order chi connectivity index (χ0) is 13.4. The Balaban J connectivity index is 2.83. The smallest absolute Gasteiger partial charge is 0.227 e. The number of hydrogen-bond donors (Lipinski definition) is 0. The first-order chi connectivity index (χ1) is 8.72. The Bertz CT molecular complexity index is 477. The van der Waals surface area contributed by atoms with E-state index in [0.29, 0.717) is 17.3 Å². The van der Waals surface area contributed by atoms with E-state index in [-0.39, 0.29) is 5.71 Å². The first-order valence-corrected chi connectivity index (χ1v) is 6.40. The molecular formula is C12H12N2O3S. The molecule has 0 fully saturated rings. The van der Waals surface area contributed by atoms with E-state index < -0.39 is 5.78 Å². The van der Waals surface area contributed by atoms with Gasteiger partial charge < -0.3 is 9.57 Å². The number of carbonyl (C=O) groups excluding carboxylic acids is 1. The first-order valence-electron chi connectivity index (χ1n) is 5.00. The minimum Gasteiger partial charge on any atom is -0.497 e. The van der Waals surface area contributed by atoms with Crippen molar-refractivity contribution in [2.45, 2.75) is 0 Å². The monoisotopic (exact) mass is 264 g/mol. The third-order valence-electron chi connectivity index (χ3n) is 2.00. The van der Waals surface area contributed by atoms with Gasteiger partial charge in [0.1, 0.15) is 11.8 Å². The van der Waals surface area contributed by atoms with Crippen LogP contribution in [0, 0.1) is 11.3 Å². The average molecular weight is 264 g/mol. The molecule has 6 heteroatoms. The third-order valence-corrected chi connectivity index (χ3v) is 2.34. The number of rotatable bonds is 6. The number of benzene rings is 1. The molecule has 94 valence electrons. The van der Waals surface area contributed by atoms with Gasteiger partial charge in [0.25, 0.3) is 0 Å². The van der Waals surface area contributed by atoms with Crippen LogP contribution < -0.4 is 4.74 Å². The first kappa shape index (κ1) is 14.1. The Kier molecular flexibility index (Phi) is 5.74. The third kappa shape index (κ3) is 3.79. The molecular weight excluding hydrogens is 252 g/mol. The van der Waals surface area contributed by atoms with Crippen molar-refractivity contribution in [2.24, 2.45) is 5.16 Å². The van der Waals surface area contributed by atoms with Crippen LogP contribution in [-0.2, 0) is 4.84 Å². The molecule has 0 aliphatic carbocycles. The van der Waals surface area contributed by atoms with Gasteiger partial charge in [0, 0.05) is 5.56 Å². The molecule has 0 aliphatic rings. The molecule has 5 nitrogen and oxygen atoms in total. The second-order valence-electron chi connectivity index (χ2n) is 3.14. The highest BCUT2D eigenvalue weighted by atomic mass is 32.2. The Morgan fingerprint density at radius 1 is 1.44 bits per heavy atom. The van der Waals surface area contributed by atoms with Crippen molar-refractivity contribution in [1.29, 1.82) is 5.26 Å². The molecule has 0 saturated carbocycles. The van der Waals surface area contributed by atoms with Crippen molar-refractivity contribution in [3.63, 3.8) is 0 Å². The number of oxime groups is 1. The summed E-state index contributed by atoms with van der Waals surface area (Å²) in [5.74, 6) is 0.461. The largest absolute Gasteiger partial charge is 0.497 e. The van der Waals surface area contributed by atoms with Crippen LogP contribution in [0.5, 0.6) is 5.75 Å². The highest BCUT2D eigenvalue weighted by Gasteiger charge is 2.14. The van der Waals surface area contributed by atoms with Crippen molar-refractivity contribution in [1.82, 2.24) is 0 Å². The normalized spacial score (nSPS) is 10.6. The van der Waals surface area contributed by atoms with E-state index in [4.69, 9.17) is 14.8 Å². The summed E-state index contributed by atoms with van der Waals surface area (Å²) >= 11 is 1.40. The van der Waals surface area contributed by atoms with Gasteiger partial charge in [-0.3, -0.25) is 4.79 Å². The van der Waals surface area contributed by atoms with E-state index in [1.54, 1.807) is 30.3 Å². The molecule has 0 radical (unpaired) electrons. The van der Waals surface area contributed by atoms with Crippen LogP contribution in [0.25, 0.3) is 0 Å². The minimum absolute atomic E-state index is 0.269. The average Bonchev–Trinajstić information content (AvgIpc) is 2.43. The number of thioether (sulfide) groups is 1. The standard InChI is InChI=1S/C12H12N2O3S/c1-16-10-5-3-9(4-6-10)12(15)11(7-13)14-17-8-18-2/h3-6H,8H2,1-2H3. The summed E-state index contributed by atoms with van der Waals surface area (Å²) in [7, 11) is 1.54. The molecule has 0 aromatic heterocycles. The van der Waals surface area contributed by atoms with Crippen molar-refractivity contribution in [2.75, 3.05) is 19.3 Å². The van der Waals surface area contributed by atoms with Gasteiger partial charge in [0.05, 0.1) is 7.11 Å². The Labute approximate surface area is 109 Å². The molecule has 0 N–H and O–H groups in total. The van der Waals surface area contributed by atoms with E-state index in [9.17, 15) is 4.79 Å². The number of carbonyl (C=O) groups is 1. The van der Waals surface area contributed by atoms with E-state index in [1.165, 1.54) is 18.9 Å². The Morgan fingerprint density at radius 2 is 2.11 bits per heavy atom. The number of hydrogen-bond acceptors (Lipinski definition) is 6. The van der Waals surface area contributed by atoms with Crippen LogP contribution in [0.15, 0.2) is 29.4 Å². The summed E-state index contributed by atoms with van der Waals surface area (Å²) in [6.07, 6.45) is 1.83. The van der Waals surface area contributed by atoms with Gasteiger partial charge in [-0.05, 0) is 30.5 Å². The lowest BCUT2D eigenvalue weighted by Crippen LogP contribution is -2.12. The quantitative estimate of drug-likeness (QED) is 0.259. The fourth-order valence-electron chi connectivity index (χ4n) is 1.14. The summed E-state index contributed by atoms with van der Waals surface area (Å²) in [6, 6.07) is 8.15. The second-order valence-corrected chi connectivity index (χ2v) is 3.96. The van der Waals surface area contributed by atoms with Gasteiger partial charge in [-0.25, -0.2) is 0 Å². The molecule has 1 aromatic carbocycles. The van der Waals surface area contributed by atoms with Crippen molar-refractivity contribution in [3.05, 3.63) is 29.8 Å². The van der Waals surface area contributed by atoms with Gasteiger partial charge in [-0.15, -0.1) is 11.8 Å². The highest BCUT2D eigenvalue weighted by molar-refractivity contribution is 7.98. The van der Waals surface area contributed by atoms with Crippen molar-refractivity contribution < 1.29 is 14.4 Å². The fourth-order valence-corrected chi connectivity index (χ4v) is 1.29. The van der Waals surface area contributed by atoms with Gasteiger partial charge in [0.15, 0.2) is 5.94 Å². The van der Waals surface area contributed by atoms with Crippen LogP contribution in [0.4, 0.5) is 0 Å². The number of Topliss-reactive ketones (excluding diaryl/α,β-unsaturated/α-hetero) is 1. The van der Waals surface area contributed by atoms with Crippen molar-refractivity contribution >= 4 is 23.3 Å². The molecule has 1 rings (SSSR count). The lowest BCUT2D eigenvalue weighted by atomic mass is 10.1. The molecule has 1 aromatic rings. The summed E-state index contributed by atoms with van der Waals surface area (Å²) < 4.78 is 4.98. The lowest BCUT2D eigenvalue weighted by molar-refractivity contribution is 0.105. The number of nitrogens with zero attached hydrogens (tertiary/aromatic N) is 2. The number of methoxy groups -OCH3 is 1. The summed E-state index contributed by atoms with van der Waals surface area (Å²) in [5, 5.41) is 12.3. The minimum atomic E-state index is -0.471. The highest BCUT2D eigenvalue weighted by Crippen LogP contribution is 2.12. The maximum Gasteiger partial charge on any atom is 0.227 e. The molecule has 0 bridgehead atoms. The van der Waals surface area contributed by atoms with Gasteiger partial charge in [-0.1, -0.05) is 5.16 Å². The zero-order valence-electron chi connectivity index (χ0n) is 10.0. The van der Waals surface area contributed by atoms with Gasteiger partial charge in [0.2, 0.25) is 11.5 Å². The predicted octanol–water partition coefficient (Wildman–Crippen LogP) is 2.09. The van der Waals surface area contributed by atoms with Crippen LogP contribution in [-0.4, -0.2) is 30.8 Å². The van der Waals surface area contributed by atoms with Crippen LogP contribution in [0.3, 0.4) is 0 Å². The van der Waals surface area contributed by atoms with E-state index in [0.717, 1.165) is 0 Å². The van der Waals surface area contributed by atoms with Crippen LogP contribution in [0.2, 0.25) is 0 Å². The summed E-state index contributed by atoms with van der Waals surface area (Å²) in [6.45, 7) is 0. The summed E-state index contributed by atoms with van der Waals surface area (Å²) in [4.78, 5) is 16.7. The molecule has 0 unspecified atom stereocenters. The van der Waals surface area contributed by atoms with Gasteiger partial charge in [-0.2, -0.15) is 5.26 Å². The molecule has 18 heavy (non-hydrogen) atoms. The second kappa shape index (κ2) is 7.35. The molecule has 0 amide bonds. The maximum absolute atomic E-state index is 11.9. The SMILES string of the molecule is COc1ccc(C(=O)C(C#N)=NOCSC)cc1. The van der Waals surface area contributed by atoms with E-state index in [1.807, 2.05) is 6.26 Å². The topological polar surface area (TPSA) is 71.7 Å². The van der Waals surface area contributed by atoms with E-state index >= 15 is 0 Å². The molecule has 0 atom stereocenters. The molecule has 0 aliphatic heterocycles. The molecule has 0 spiro atoms. The number of nitriles is 1.